The third-order valence-electron chi connectivity index (χ3n) is 3.99. The highest BCUT2D eigenvalue weighted by atomic mass is 32.2. The molecule has 25 heavy (non-hydrogen) atoms. The van der Waals surface area contributed by atoms with Gasteiger partial charge in [0.25, 0.3) is 5.91 Å². The first-order valence-electron chi connectivity index (χ1n) is 7.56. The topological polar surface area (TPSA) is 170 Å². The Labute approximate surface area is 147 Å². The zero-order chi connectivity index (χ0) is 18.7. The lowest BCUT2D eigenvalue weighted by molar-refractivity contribution is -0.150. The molecule has 11 heteroatoms. The number of nitrogens with zero attached hydrogens (tertiary/aromatic N) is 1. The lowest BCUT2D eigenvalue weighted by atomic mass is 10.0. The minimum absolute atomic E-state index is 0.0195. The molecule has 1 unspecified atom stereocenters. The largest absolute Gasteiger partial charge is 0.480 e. The molecule has 3 atom stereocenters. The number of nitrogens with two attached hydrogens (primary N) is 1. The molecule has 0 aromatic rings. The van der Waals surface area contributed by atoms with Crippen LogP contribution in [0.3, 0.4) is 0 Å². The van der Waals surface area contributed by atoms with Crippen molar-refractivity contribution < 1.29 is 34.5 Å². The molecule has 2 heterocycles. The summed E-state index contributed by atoms with van der Waals surface area (Å²) in [5.74, 6) is -3.15. The molecule has 10 nitrogen and oxygen atoms in total. The van der Waals surface area contributed by atoms with Crippen molar-refractivity contribution >= 4 is 35.5 Å². The maximum atomic E-state index is 12.2. The van der Waals surface area contributed by atoms with Crippen LogP contribution in [0.25, 0.3) is 0 Å². The quantitative estimate of drug-likeness (QED) is 0.311. The van der Waals surface area contributed by atoms with Gasteiger partial charge in [-0.05, 0) is 18.4 Å². The van der Waals surface area contributed by atoms with Gasteiger partial charge in [-0.3, -0.25) is 19.3 Å². The number of aliphatic carboxylic acids is 2. The van der Waals surface area contributed by atoms with Gasteiger partial charge < -0.3 is 26.4 Å². The molecule has 0 aromatic carbocycles. The van der Waals surface area contributed by atoms with Gasteiger partial charge in [-0.15, -0.1) is 11.8 Å². The lowest BCUT2D eigenvalue weighted by Gasteiger charge is -2.49. The number of aliphatic hydroxyl groups excluding tert-OH is 1. The molecule has 0 bridgehead atoms. The van der Waals surface area contributed by atoms with Crippen LogP contribution in [0.5, 0.6) is 0 Å². The number of aliphatic hydroxyl groups is 1. The van der Waals surface area contributed by atoms with Crippen molar-refractivity contribution in [3.63, 3.8) is 0 Å². The Bertz CT molecular complexity index is 636. The Morgan fingerprint density at radius 2 is 2.04 bits per heavy atom. The van der Waals surface area contributed by atoms with E-state index in [1.807, 2.05) is 0 Å². The van der Waals surface area contributed by atoms with E-state index >= 15 is 0 Å². The van der Waals surface area contributed by atoms with Gasteiger partial charge in [0.05, 0.1) is 6.61 Å². The van der Waals surface area contributed by atoms with Crippen LogP contribution in [0, 0.1) is 0 Å². The van der Waals surface area contributed by atoms with Crippen molar-refractivity contribution in [2.75, 3.05) is 12.4 Å². The highest BCUT2D eigenvalue weighted by Gasteiger charge is 2.53. The van der Waals surface area contributed by atoms with Crippen molar-refractivity contribution in [1.82, 2.24) is 10.2 Å². The molecule has 6 N–H and O–H groups in total. The summed E-state index contributed by atoms with van der Waals surface area (Å²) >= 11 is 1.26. The first-order chi connectivity index (χ1) is 11.8. The van der Waals surface area contributed by atoms with Crippen molar-refractivity contribution in [1.29, 1.82) is 0 Å². The smallest absolute Gasteiger partial charge is 0.352 e. The van der Waals surface area contributed by atoms with Crippen LogP contribution in [0.2, 0.25) is 0 Å². The van der Waals surface area contributed by atoms with E-state index in [9.17, 15) is 29.4 Å². The number of nitrogens with one attached hydrogen (secondary N) is 1. The number of rotatable bonds is 8. The summed E-state index contributed by atoms with van der Waals surface area (Å²) in [6.45, 7) is -0.452. The van der Waals surface area contributed by atoms with Crippen molar-refractivity contribution in [2.45, 2.75) is 36.7 Å². The summed E-state index contributed by atoms with van der Waals surface area (Å²) in [4.78, 5) is 47.1. The molecule has 0 aromatic heterocycles. The van der Waals surface area contributed by atoms with Crippen LogP contribution in [0.15, 0.2) is 11.3 Å². The van der Waals surface area contributed by atoms with Crippen LogP contribution in [-0.2, 0) is 19.2 Å². The number of carbonyl (C=O) groups is 4. The fraction of sp³-hybridized carbons (Fsp3) is 0.571. The van der Waals surface area contributed by atoms with E-state index in [1.165, 1.54) is 11.8 Å². The fourth-order valence-corrected chi connectivity index (χ4v) is 3.99. The van der Waals surface area contributed by atoms with Gasteiger partial charge in [0, 0.05) is 12.2 Å². The lowest BCUT2D eigenvalue weighted by Crippen LogP contribution is -2.70. The molecule has 1 fully saturated rings. The molecule has 0 spiro atoms. The van der Waals surface area contributed by atoms with Gasteiger partial charge in [0.15, 0.2) is 0 Å². The Morgan fingerprint density at radius 3 is 2.60 bits per heavy atom. The highest BCUT2D eigenvalue weighted by Crippen LogP contribution is 2.40. The summed E-state index contributed by atoms with van der Waals surface area (Å²) in [5.41, 5.74) is 5.38. The third-order valence-corrected chi connectivity index (χ3v) is 5.33. The van der Waals surface area contributed by atoms with E-state index in [0.717, 1.165) is 4.90 Å². The predicted molar refractivity (Wildman–Crippen MR) is 86.2 cm³/mol. The van der Waals surface area contributed by atoms with Crippen molar-refractivity contribution in [2.24, 2.45) is 5.73 Å². The second kappa shape index (κ2) is 7.85. The van der Waals surface area contributed by atoms with Gasteiger partial charge in [0.2, 0.25) is 5.91 Å². The van der Waals surface area contributed by atoms with Crippen LogP contribution < -0.4 is 11.1 Å². The molecule has 0 aliphatic carbocycles. The number of thioether (sulfide) groups is 1. The zero-order valence-corrected chi connectivity index (χ0v) is 14.0. The van der Waals surface area contributed by atoms with Gasteiger partial charge in [-0.2, -0.15) is 0 Å². The molecule has 2 aliphatic rings. The Balaban J connectivity index is 1.91. The summed E-state index contributed by atoms with van der Waals surface area (Å²) < 4.78 is 0. The summed E-state index contributed by atoms with van der Waals surface area (Å²) in [7, 11) is 0. The van der Waals surface area contributed by atoms with Crippen LogP contribution >= 0.6 is 11.8 Å². The van der Waals surface area contributed by atoms with E-state index < -0.39 is 47.8 Å². The first kappa shape index (κ1) is 19.2. The SMILES string of the molecule is N[C@H](CCCC(=O)NC1C(=O)N2C(C(=O)O)=C(CO)CS[C@H]12)C(=O)O. The number of fused-ring (bicyclic) bond motifs is 1. The minimum atomic E-state index is -1.30. The molecular formula is C14H19N3O7S. The number of β-lactam (4-membered cyclic amide) rings is 1. The maximum absolute atomic E-state index is 12.2. The average Bonchev–Trinajstić information content (AvgIpc) is 2.57. The Morgan fingerprint density at radius 1 is 1.36 bits per heavy atom. The summed E-state index contributed by atoms with van der Waals surface area (Å²) in [6, 6.07) is -1.87. The molecule has 2 amide bonds. The van der Waals surface area contributed by atoms with Crippen molar-refractivity contribution in [3.8, 4) is 0 Å². The van der Waals surface area contributed by atoms with Gasteiger partial charge >= 0.3 is 11.9 Å². The van der Waals surface area contributed by atoms with Gasteiger partial charge in [0.1, 0.15) is 23.2 Å². The Kier molecular flexibility index (Phi) is 6.03. The molecular weight excluding hydrogens is 354 g/mol. The molecule has 0 saturated carbocycles. The number of amides is 2. The molecule has 138 valence electrons. The number of hydrogen-bond acceptors (Lipinski definition) is 7. The molecule has 2 aliphatic heterocycles. The van der Waals surface area contributed by atoms with E-state index in [-0.39, 0.29) is 36.3 Å². The Hall–Kier alpha value is -2.11. The number of carboxylic acids is 2. The average molecular weight is 373 g/mol. The third kappa shape index (κ3) is 3.94. The normalized spacial score (nSPS) is 23.6. The van der Waals surface area contributed by atoms with Gasteiger partial charge in [-0.25, -0.2) is 4.79 Å². The van der Waals surface area contributed by atoms with Crippen molar-refractivity contribution in [3.05, 3.63) is 11.3 Å². The monoisotopic (exact) mass is 373 g/mol. The molecule has 1 saturated heterocycles. The number of carbonyl (C=O) groups excluding carboxylic acids is 2. The first-order valence-corrected chi connectivity index (χ1v) is 8.61. The molecule has 2 rings (SSSR count). The van der Waals surface area contributed by atoms with E-state index in [4.69, 9.17) is 10.8 Å². The maximum Gasteiger partial charge on any atom is 0.352 e. The second-order valence-corrected chi connectivity index (χ2v) is 6.81. The van der Waals surface area contributed by atoms with Gasteiger partial charge in [-0.1, -0.05) is 0 Å². The summed E-state index contributed by atoms with van der Waals surface area (Å²) in [6.07, 6.45) is 0.416. The van der Waals surface area contributed by atoms with Crippen LogP contribution in [0.4, 0.5) is 0 Å². The second-order valence-electron chi connectivity index (χ2n) is 5.71. The van der Waals surface area contributed by atoms with E-state index in [0.29, 0.717) is 0 Å². The van der Waals surface area contributed by atoms with Crippen LogP contribution in [-0.4, -0.2) is 73.8 Å². The minimum Gasteiger partial charge on any atom is -0.480 e. The highest BCUT2D eigenvalue weighted by molar-refractivity contribution is 8.00. The van der Waals surface area contributed by atoms with E-state index in [2.05, 4.69) is 5.32 Å². The zero-order valence-electron chi connectivity index (χ0n) is 13.2. The standard InChI is InChI=1S/C14H19N3O7S/c15-7(13(21)22)2-1-3-8(19)16-9-11(20)17-10(14(23)24)6(4-18)5-25-12(9)17/h7,9,12,18H,1-5,15H2,(H,16,19)(H,21,22)(H,23,24)/t7-,9?,12-/m1/s1. The number of hydrogen-bond donors (Lipinski definition) is 5. The number of carboxylic acid groups (broad SMARTS) is 2. The molecule has 0 radical (unpaired) electrons. The van der Waals surface area contributed by atoms with Crippen LogP contribution in [0.1, 0.15) is 19.3 Å². The fourth-order valence-electron chi connectivity index (χ4n) is 2.66. The van der Waals surface area contributed by atoms with E-state index in [1.54, 1.807) is 0 Å². The predicted octanol–water partition coefficient (Wildman–Crippen LogP) is -1.70. The summed E-state index contributed by atoms with van der Waals surface area (Å²) in [5, 5.41) is 29.1.